The number of nitrogens with zero attached hydrogens (tertiary/aromatic N) is 3. The maximum atomic E-state index is 12.1. The van der Waals surface area contributed by atoms with Crippen LogP contribution in [0.25, 0.3) is 0 Å². The van der Waals surface area contributed by atoms with E-state index >= 15 is 0 Å². The molecule has 4 nitrogen and oxygen atoms in total. The van der Waals surface area contributed by atoms with Crippen molar-refractivity contribution in [2.45, 2.75) is 59.2 Å². The maximum absolute atomic E-state index is 12.1. The Morgan fingerprint density at radius 2 is 1.90 bits per heavy atom. The second kappa shape index (κ2) is 8.35. The highest BCUT2D eigenvalue weighted by Gasteiger charge is 2.15. The number of imidazole rings is 1. The van der Waals surface area contributed by atoms with E-state index in [4.69, 9.17) is 0 Å². The fourth-order valence-electron chi connectivity index (χ4n) is 2.11. The number of rotatable bonds is 8. The third kappa shape index (κ3) is 4.27. The molecule has 1 aromatic rings. The van der Waals surface area contributed by atoms with Crippen molar-refractivity contribution in [1.29, 1.82) is 0 Å². The minimum absolute atomic E-state index is 0.195. The summed E-state index contributed by atoms with van der Waals surface area (Å²) in [5.74, 6) is 0.671. The van der Waals surface area contributed by atoms with Crippen LogP contribution < -0.4 is 0 Å². The topological polar surface area (TPSA) is 38.1 Å². The van der Waals surface area contributed by atoms with Gasteiger partial charge in [0.25, 0.3) is 0 Å². The zero-order valence-corrected chi connectivity index (χ0v) is 14.2. The highest BCUT2D eigenvalue weighted by molar-refractivity contribution is 7.99. The molecule has 0 saturated heterocycles. The lowest BCUT2D eigenvalue weighted by Crippen LogP contribution is -2.31. The van der Waals surface area contributed by atoms with Gasteiger partial charge in [0.1, 0.15) is 0 Å². The van der Waals surface area contributed by atoms with Crippen LogP contribution in [0.15, 0.2) is 5.16 Å². The van der Waals surface area contributed by atoms with E-state index in [1.807, 2.05) is 25.7 Å². The molecule has 0 bridgehead atoms. The van der Waals surface area contributed by atoms with Crippen LogP contribution in [0.5, 0.6) is 0 Å². The van der Waals surface area contributed by atoms with Crippen molar-refractivity contribution in [3.8, 4) is 0 Å². The van der Waals surface area contributed by atoms with Gasteiger partial charge in [-0.3, -0.25) is 4.79 Å². The number of aromatic nitrogens is 2. The van der Waals surface area contributed by atoms with E-state index in [1.54, 1.807) is 11.8 Å². The monoisotopic (exact) mass is 297 g/mol. The second-order valence-electron chi connectivity index (χ2n) is 4.93. The van der Waals surface area contributed by atoms with Crippen molar-refractivity contribution >= 4 is 17.7 Å². The number of hydrogen-bond donors (Lipinski definition) is 0. The average Bonchev–Trinajstić information content (AvgIpc) is 2.71. The summed E-state index contributed by atoms with van der Waals surface area (Å²) in [5.41, 5.74) is 2.29. The summed E-state index contributed by atoms with van der Waals surface area (Å²) in [4.78, 5) is 18.5. The van der Waals surface area contributed by atoms with Crippen LogP contribution in [-0.2, 0) is 11.3 Å². The smallest absolute Gasteiger partial charge is 0.233 e. The number of hydrogen-bond acceptors (Lipinski definition) is 3. The zero-order valence-electron chi connectivity index (χ0n) is 13.4. The Bertz CT molecular complexity index is 439. The van der Waals surface area contributed by atoms with E-state index in [0.717, 1.165) is 36.9 Å². The van der Waals surface area contributed by atoms with E-state index in [2.05, 4.69) is 23.4 Å². The van der Waals surface area contributed by atoms with Gasteiger partial charge in [-0.25, -0.2) is 4.98 Å². The molecule has 0 N–H and O–H groups in total. The van der Waals surface area contributed by atoms with Gasteiger partial charge >= 0.3 is 0 Å². The van der Waals surface area contributed by atoms with E-state index < -0.39 is 0 Å². The van der Waals surface area contributed by atoms with E-state index in [-0.39, 0.29) is 5.91 Å². The molecule has 0 atom stereocenters. The lowest BCUT2D eigenvalue weighted by atomic mass is 10.3. The molecule has 20 heavy (non-hydrogen) atoms. The molecule has 1 heterocycles. The van der Waals surface area contributed by atoms with Gasteiger partial charge in [-0.05, 0) is 34.1 Å². The average molecular weight is 297 g/mol. The summed E-state index contributed by atoms with van der Waals surface area (Å²) in [6, 6.07) is 0. The van der Waals surface area contributed by atoms with Crippen molar-refractivity contribution in [1.82, 2.24) is 14.5 Å². The largest absolute Gasteiger partial charge is 0.343 e. The summed E-state index contributed by atoms with van der Waals surface area (Å²) in [7, 11) is 0. The van der Waals surface area contributed by atoms with Gasteiger partial charge < -0.3 is 9.47 Å². The maximum Gasteiger partial charge on any atom is 0.233 e. The first-order chi connectivity index (χ1) is 9.54. The van der Waals surface area contributed by atoms with E-state index in [9.17, 15) is 4.79 Å². The van der Waals surface area contributed by atoms with Crippen LogP contribution >= 0.6 is 11.8 Å². The molecular weight excluding hydrogens is 270 g/mol. The van der Waals surface area contributed by atoms with E-state index in [0.29, 0.717) is 5.75 Å². The van der Waals surface area contributed by atoms with Gasteiger partial charge in [0.05, 0.1) is 11.4 Å². The Kier molecular flexibility index (Phi) is 7.13. The van der Waals surface area contributed by atoms with Crippen molar-refractivity contribution in [3.63, 3.8) is 0 Å². The van der Waals surface area contributed by atoms with Crippen LogP contribution in [0, 0.1) is 13.8 Å². The van der Waals surface area contributed by atoms with Gasteiger partial charge in [-0.2, -0.15) is 0 Å². The molecule has 1 aromatic heterocycles. The van der Waals surface area contributed by atoms with Gasteiger partial charge in [-0.1, -0.05) is 25.1 Å². The summed E-state index contributed by atoms with van der Waals surface area (Å²) in [5, 5.41) is 0.981. The predicted molar refractivity (Wildman–Crippen MR) is 85.3 cm³/mol. The van der Waals surface area contributed by atoms with Crippen molar-refractivity contribution in [3.05, 3.63) is 11.4 Å². The lowest BCUT2D eigenvalue weighted by molar-refractivity contribution is -0.127. The molecule has 0 fully saturated rings. The number of thioether (sulfide) groups is 1. The molecule has 0 aliphatic rings. The summed E-state index contributed by atoms with van der Waals surface area (Å²) in [6.45, 7) is 12.9. The first-order valence-corrected chi connectivity index (χ1v) is 8.47. The summed E-state index contributed by atoms with van der Waals surface area (Å²) < 4.78 is 2.25. The fraction of sp³-hybridized carbons (Fsp3) is 0.733. The Balaban J connectivity index is 2.72. The van der Waals surface area contributed by atoms with E-state index in [1.165, 1.54) is 12.1 Å². The van der Waals surface area contributed by atoms with Crippen molar-refractivity contribution in [2.24, 2.45) is 0 Å². The molecule has 0 aliphatic heterocycles. The Hall–Kier alpha value is -0.970. The molecule has 5 heteroatoms. The number of amides is 1. The SMILES string of the molecule is CCCCn1c(SCC(=O)N(CC)CC)nc(C)c1C. The standard InChI is InChI=1S/C15H27N3OS/c1-6-9-10-18-13(5)12(4)16-15(18)20-11-14(19)17(7-2)8-3/h6-11H2,1-5H3. The number of aryl methyl sites for hydroxylation is 1. The first kappa shape index (κ1) is 17.1. The zero-order chi connectivity index (χ0) is 15.1. The molecule has 0 aliphatic carbocycles. The van der Waals surface area contributed by atoms with Crippen LogP contribution in [0.1, 0.15) is 45.0 Å². The Labute approximate surface area is 126 Å². The van der Waals surface area contributed by atoms with Crippen LogP contribution in [0.4, 0.5) is 0 Å². The third-order valence-corrected chi connectivity index (χ3v) is 4.56. The van der Waals surface area contributed by atoms with Crippen molar-refractivity contribution < 1.29 is 4.79 Å². The minimum Gasteiger partial charge on any atom is -0.343 e. The summed E-state index contributed by atoms with van der Waals surface area (Å²) in [6.07, 6.45) is 2.31. The van der Waals surface area contributed by atoms with Crippen LogP contribution in [-0.4, -0.2) is 39.2 Å². The normalized spacial score (nSPS) is 10.8. The van der Waals surface area contributed by atoms with Gasteiger partial charge in [0.15, 0.2) is 5.16 Å². The summed E-state index contributed by atoms with van der Waals surface area (Å²) >= 11 is 1.56. The molecule has 0 radical (unpaired) electrons. The molecule has 0 aromatic carbocycles. The number of carbonyl (C=O) groups is 1. The lowest BCUT2D eigenvalue weighted by Gasteiger charge is -2.18. The predicted octanol–water partition coefficient (Wildman–Crippen LogP) is 3.26. The fourth-order valence-corrected chi connectivity index (χ4v) is 3.13. The Morgan fingerprint density at radius 1 is 1.25 bits per heavy atom. The van der Waals surface area contributed by atoms with Crippen molar-refractivity contribution in [2.75, 3.05) is 18.8 Å². The van der Waals surface area contributed by atoms with Gasteiger partial charge in [0, 0.05) is 25.3 Å². The molecule has 0 unspecified atom stereocenters. The Morgan fingerprint density at radius 3 is 2.45 bits per heavy atom. The van der Waals surface area contributed by atoms with Gasteiger partial charge in [0.2, 0.25) is 5.91 Å². The quantitative estimate of drug-likeness (QED) is 0.691. The molecule has 114 valence electrons. The molecule has 1 amide bonds. The molecule has 0 spiro atoms. The van der Waals surface area contributed by atoms with Crippen LogP contribution in [0.2, 0.25) is 0 Å². The number of carbonyl (C=O) groups excluding carboxylic acids is 1. The highest BCUT2D eigenvalue weighted by atomic mass is 32.2. The van der Waals surface area contributed by atoms with Gasteiger partial charge in [-0.15, -0.1) is 0 Å². The molecule has 1 rings (SSSR count). The third-order valence-electron chi connectivity index (χ3n) is 3.60. The second-order valence-corrected chi connectivity index (χ2v) is 5.87. The number of unbranched alkanes of at least 4 members (excludes halogenated alkanes) is 1. The highest BCUT2D eigenvalue weighted by Crippen LogP contribution is 2.22. The minimum atomic E-state index is 0.195. The molecule has 0 saturated carbocycles. The first-order valence-electron chi connectivity index (χ1n) is 7.49. The molecular formula is C15H27N3OS. The van der Waals surface area contributed by atoms with Crippen LogP contribution in [0.3, 0.4) is 0 Å².